The molecule has 0 radical (unpaired) electrons. The van der Waals surface area contributed by atoms with Gasteiger partial charge in [0, 0.05) is 37.6 Å². The molecule has 142 valence electrons. The van der Waals surface area contributed by atoms with Crippen molar-refractivity contribution in [3.05, 3.63) is 48.5 Å². The predicted molar refractivity (Wildman–Crippen MR) is 126 cm³/mol. The van der Waals surface area contributed by atoms with E-state index in [0.717, 1.165) is 43.3 Å². The van der Waals surface area contributed by atoms with Crippen molar-refractivity contribution >= 4 is 39.1 Å². The van der Waals surface area contributed by atoms with E-state index in [9.17, 15) is 0 Å². The van der Waals surface area contributed by atoms with Gasteiger partial charge in [-0.1, -0.05) is 53.6 Å². The van der Waals surface area contributed by atoms with Crippen molar-refractivity contribution in [1.29, 1.82) is 0 Å². The van der Waals surface area contributed by atoms with Crippen LogP contribution in [0.2, 0.25) is 0 Å². The zero-order valence-electron chi connectivity index (χ0n) is 16.8. The number of hydrogen-bond acceptors (Lipinski definition) is 2. The summed E-state index contributed by atoms with van der Waals surface area (Å²) in [5, 5.41) is 3.05. The Labute approximate surface area is 163 Å². The fourth-order valence-corrected chi connectivity index (χ4v) is 6.13. The van der Waals surface area contributed by atoms with Gasteiger partial charge >= 0.3 is 0 Å². The van der Waals surface area contributed by atoms with Crippen molar-refractivity contribution < 1.29 is 0 Å². The summed E-state index contributed by atoms with van der Waals surface area (Å²) in [6.45, 7) is 13.3. The third-order valence-corrected chi connectivity index (χ3v) is 7.88. The molecule has 2 atom stereocenters. The third-order valence-electron chi connectivity index (χ3n) is 4.77. The standard InChI is InChI=1S/C22H34N2P2/c1-5-23(6-2)19-13-9-11-15-21(19)25-17-18-26-22-16-12-10-14-20(22)24(7-3)8-4/h9-16,25-26H,5-8,17-18H2,1-4H3. The van der Waals surface area contributed by atoms with E-state index in [1.807, 2.05) is 0 Å². The van der Waals surface area contributed by atoms with Crippen molar-refractivity contribution in [3.63, 3.8) is 0 Å². The highest BCUT2D eigenvalue weighted by atomic mass is 31.1. The number of nitrogens with zero attached hydrogens (tertiary/aromatic N) is 2. The van der Waals surface area contributed by atoms with Gasteiger partial charge in [-0.05, 0) is 62.8 Å². The summed E-state index contributed by atoms with van der Waals surface area (Å²) in [7, 11) is 1.79. The van der Waals surface area contributed by atoms with Gasteiger partial charge in [0.1, 0.15) is 0 Å². The van der Waals surface area contributed by atoms with Crippen molar-refractivity contribution in [2.75, 3.05) is 48.3 Å². The average Bonchev–Trinajstić information content (AvgIpc) is 2.69. The molecule has 0 bridgehead atoms. The van der Waals surface area contributed by atoms with E-state index in [1.165, 1.54) is 34.3 Å². The lowest BCUT2D eigenvalue weighted by Crippen LogP contribution is -2.26. The Kier molecular flexibility index (Phi) is 9.44. The number of anilines is 2. The molecular weight excluding hydrogens is 354 g/mol. The summed E-state index contributed by atoms with van der Waals surface area (Å²) >= 11 is 0. The maximum Gasteiger partial charge on any atom is 0.0441 e. The van der Waals surface area contributed by atoms with Gasteiger partial charge in [-0.25, -0.2) is 0 Å². The second-order valence-corrected chi connectivity index (χ2v) is 9.02. The molecular formula is C22H34N2P2. The van der Waals surface area contributed by atoms with E-state index in [2.05, 4.69) is 86.0 Å². The molecule has 2 aromatic carbocycles. The van der Waals surface area contributed by atoms with E-state index < -0.39 is 0 Å². The molecule has 0 N–H and O–H groups in total. The van der Waals surface area contributed by atoms with E-state index in [0.29, 0.717) is 0 Å². The fourth-order valence-electron chi connectivity index (χ4n) is 3.32. The van der Waals surface area contributed by atoms with Crippen LogP contribution < -0.4 is 20.4 Å². The fraction of sp³-hybridized carbons (Fsp3) is 0.455. The molecule has 0 aromatic heterocycles. The molecule has 2 rings (SSSR count). The van der Waals surface area contributed by atoms with Gasteiger partial charge in [0.05, 0.1) is 0 Å². The minimum absolute atomic E-state index is 0.897. The minimum Gasteiger partial charge on any atom is -0.372 e. The van der Waals surface area contributed by atoms with E-state index in [-0.39, 0.29) is 0 Å². The first-order valence-electron chi connectivity index (χ1n) is 9.90. The minimum atomic E-state index is 0.897. The Hall–Kier alpha value is -1.10. The van der Waals surface area contributed by atoms with Crippen LogP contribution >= 0.6 is 17.2 Å². The Morgan fingerprint density at radius 2 is 0.923 bits per heavy atom. The molecule has 0 fully saturated rings. The first-order chi connectivity index (χ1) is 12.7. The second-order valence-electron chi connectivity index (χ2n) is 6.23. The van der Waals surface area contributed by atoms with Gasteiger partial charge in [-0.2, -0.15) is 0 Å². The summed E-state index contributed by atoms with van der Waals surface area (Å²) < 4.78 is 0. The van der Waals surface area contributed by atoms with Crippen molar-refractivity contribution in [2.45, 2.75) is 27.7 Å². The highest BCUT2D eigenvalue weighted by Gasteiger charge is 2.09. The van der Waals surface area contributed by atoms with Crippen molar-refractivity contribution in [3.8, 4) is 0 Å². The molecule has 26 heavy (non-hydrogen) atoms. The number of hydrogen-bond donors (Lipinski definition) is 0. The lowest BCUT2D eigenvalue weighted by atomic mass is 10.3. The molecule has 0 saturated carbocycles. The van der Waals surface area contributed by atoms with Crippen LogP contribution in [0, 0.1) is 0 Å². The molecule has 2 nitrogen and oxygen atoms in total. The largest absolute Gasteiger partial charge is 0.372 e. The monoisotopic (exact) mass is 388 g/mol. The number of rotatable bonds is 11. The first-order valence-corrected chi connectivity index (χ1v) is 12.3. The zero-order chi connectivity index (χ0) is 18.8. The smallest absolute Gasteiger partial charge is 0.0441 e. The van der Waals surface area contributed by atoms with Crippen LogP contribution in [0.3, 0.4) is 0 Å². The molecule has 0 spiro atoms. The normalized spacial score (nSPS) is 11.7. The van der Waals surface area contributed by atoms with Gasteiger partial charge in [-0.3, -0.25) is 0 Å². The topological polar surface area (TPSA) is 6.48 Å². The molecule has 4 heteroatoms. The summed E-state index contributed by atoms with van der Waals surface area (Å²) in [6.07, 6.45) is 2.56. The summed E-state index contributed by atoms with van der Waals surface area (Å²) in [6, 6.07) is 17.9. The number of para-hydroxylation sites is 2. The van der Waals surface area contributed by atoms with Gasteiger partial charge in [0.25, 0.3) is 0 Å². The van der Waals surface area contributed by atoms with Crippen LogP contribution in [-0.4, -0.2) is 38.5 Å². The average molecular weight is 388 g/mol. The molecule has 0 amide bonds. The van der Waals surface area contributed by atoms with E-state index in [4.69, 9.17) is 0 Å². The van der Waals surface area contributed by atoms with Crippen LogP contribution in [0.1, 0.15) is 27.7 Å². The summed E-state index contributed by atoms with van der Waals surface area (Å²) in [5.41, 5.74) is 2.87. The lowest BCUT2D eigenvalue weighted by molar-refractivity contribution is 0.869. The lowest BCUT2D eigenvalue weighted by Gasteiger charge is -2.25. The second kappa shape index (κ2) is 11.6. The van der Waals surface area contributed by atoms with Crippen LogP contribution in [-0.2, 0) is 0 Å². The SMILES string of the molecule is CCN(CC)c1ccccc1PCCPc1ccccc1N(CC)CC. The predicted octanol–water partition coefficient (Wildman–Crippen LogP) is 4.69. The van der Waals surface area contributed by atoms with Crippen LogP contribution in [0.5, 0.6) is 0 Å². The molecule has 0 aliphatic carbocycles. The summed E-state index contributed by atoms with van der Waals surface area (Å²) in [4.78, 5) is 4.95. The highest BCUT2D eigenvalue weighted by molar-refractivity contribution is 7.51. The maximum atomic E-state index is 2.47. The Bertz CT molecular complexity index is 595. The summed E-state index contributed by atoms with van der Waals surface area (Å²) in [5.74, 6) is 0. The van der Waals surface area contributed by atoms with Crippen molar-refractivity contribution in [1.82, 2.24) is 0 Å². The molecule has 0 aliphatic heterocycles. The third kappa shape index (κ3) is 5.70. The molecule has 0 aliphatic rings. The van der Waals surface area contributed by atoms with Crippen molar-refractivity contribution in [2.24, 2.45) is 0 Å². The van der Waals surface area contributed by atoms with Gasteiger partial charge in [-0.15, -0.1) is 0 Å². The van der Waals surface area contributed by atoms with Gasteiger partial charge < -0.3 is 9.80 Å². The Morgan fingerprint density at radius 3 is 1.27 bits per heavy atom. The molecule has 0 heterocycles. The van der Waals surface area contributed by atoms with Gasteiger partial charge in [0.2, 0.25) is 0 Å². The van der Waals surface area contributed by atoms with E-state index >= 15 is 0 Å². The quantitative estimate of drug-likeness (QED) is 0.407. The Morgan fingerprint density at radius 1 is 0.577 bits per heavy atom. The van der Waals surface area contributed by atoms with Crippen LogP contribution in [0.15, 0.2) is 48.5 Å². The first kappa shape index (κ1) is 21.2. The highest BCUT2D eigenvalue weighted by Crippen LogP contribution is 2.25. The number of benzene rings is 2. The van der Waals surface area contributed by atoms with Crippen LogP contribution in [0.4, 0.5) is 11.4 Å². The zero-order valence-corrected chi connectivity index (χ0v) is 18.8. The molecule has 0 saturated heterocycles. The molecule has 2 aromatic rings. The van der Waals surface area contributed by atoms with E-state index in [1.54, 1.807) is 0 Å². The molecule has 2 unspecified atom stereocenters. The van der Waals surface area contributed by atoms with Crippen LogP contribution in [0.25, 0.3) is 0 Å². The Balaban J connectivity index is 1.96. The van der Waals surface area contributed by atoms with Gasteiger partial charge in [0.15, 0.2) is 0 Å². The maximum absolute atomic E-state index is 2.47.